The number of ketones is 2. The highest BCUT2D eigenvalue weighted by molar-refractivity contribution is 7.92. The maximum atomic E-state index is 13.6. The Balaban J connectivity index is 1.02. The van der Waals surface area contributed by atoms with E-state index in [9.17, 15) is 28.1 Å². The summed E-state index contributed by atoms with van der Waals surface area (Å²) in [6, 6.07) is 20.0. The topological polar surface area (TPSA) is 178 Å². The molecule has 0 fully saturated rings. The van der Waals surface area contributed by atoms with Gasteiger partial charge in [-0.2, -0.15) is 0 Å². The second-order valence-corrected chi connectivity index (χ2v) is 17.8. The summed E-state index contributed by atoms with van der Waals surface area (Å²) in [7, 11) is -0.450. The molecule has 0 bridgehead atoms. The molecule has 7 rings (SSSR count). The first-order valence-electron chi connectivity index (χ1n) is 18.1. The quantitative estimate of drug-likeness (QED) is 0.0599. The van der Waals surface area contributed by atoms with Crippen LogP contribution in [-0.4, -0.2) is 90.3 Å². The number of para-hydroxylation sites is 1. The number of aromatic nitrogens is 3. The molecule has 1 atom stereocenters. The molecular formula is C40H39N7O7S3. The molecule has 14 nitrogen and oxygen atoms in total. The van der Waals surface area contributed by atoms with Crippen LogP contribution in [0.5, 0.6) is 5.75 Å². The van der Waals surface area contributed by atoms with E-state index < -0.39 is 32.0 Å². The molecule has 0 spiro atoms. The lowest BCUT2D eigenvalue weighted by Gasteiger charge is -2.29. The number of nitrogens with zero attached hydrogens (tertiary/aromatic N) is 6. The molecule has 4 heterocycles. The fourth-order valence-corrected chi connectivity index (χ4v) is 9.55. The number of carbonyl (C=O) groups is 2. The number of pyridine rings is 1. The molecule has 3 aromatic heterocycles. The lowest BCUT2D eigenvalue weighted by molar-refractivity contribution is -0.384. The molecule has 0 saturated carbocycles. The second-order valence-electron chi connectivity index (χ2n) is 13.9. The van der Waals surface area contributed by atoms with E-state index in [1.165, 1.54) is 40.2 Å². The molecule has 17 heteroatoms. The first kappa shape index (κ1) is 39.6. The van der Waals surface area contributed by atoms with Crippen molar-refractivity contribution in [2.75, 3.05) is 49.8 Å². The van der Waals surface area contributed by atoms with E-state index in [0.29, 0.717) is 53.9 Å². The summed E-state index contributed by atoms with van der Waals surface area (Å²) in [5.41, 5.74) is 2.99. The van der Waals surface area contributed by atoms with Crippen molar-refractivity contribution in [3.63, 3.8) is 0 Å². The Hall–Kier alpha value is -5.62. The molecule has 294 valence electrons. The number of fused-ring (bicyclic) bond motifs is 2. The van der Waals surface area contributed by atoms with E-state index in [0.717, 1.165) is 27.4 Å². The van der Waals surface area contributed by atoms with Gasteiger partial charge in [-0.05, 0) is 74.9 Å². The predicted molar refractivity (Wildman–Crippen MR) is 221 cm³/mol. The van der Waals surface area contributed by atoms with Crippen LogP contribution in [0.15, 0.2) is 95.5 Å². The summed E-state index contributed by atoms with van der Waals surface area (Å²) in [4.78, 5) is 55.3. The first-order valence-corrected chi connectivity index (χ1v) is 21.5. The Kier molecular flexibility index (Phi) is 12.0. The number of carbonyl (C=O) groups excluding carboxylic acids is 2. The number of anilines is 2. The van der Waals surface area contributed by atoms with Gasteiger partial charge in [0.15, 0.2) is 26.5 Å². The van der Waals surface area contributed by atoms with Crippen molar-refractivity contribution in [3.05, 3.63) is 128 Å². The normalized spacial score (nSPS) is 13.4. The number of hydrogen-bond donors (Lipinski definition) is 1. The number of sulfone groups is 1. The highest BCUT2D eigenvalue weighted by atomic mass is 32.2. The Labute approximate surface area is 337 Å². The molecule has 0 amide bonds. The third-order valence-corrected chi connectivity index (χ3v) is 13.0. The van der Waals surface area contributed by atoms with Crippen LogP contribution in [0.25, 0.3) is 10.2 Å². The maximum absolute atomic E-state index is 13.6. The molecule has 0 aliphatic carbocycles. The van der Waals surface area contributed by atoms with Gasteiger partial charge in [0.1, 0.15) is 34.5 Å². The minimum Gasteiger partial charge on any atom is -0.491 e. The number of ether oxygens (including phenoxy) is 1. The van der Waals surface area contributed by atoms with Crippen LogP contribution in [0.3, 0.4) is 0 Å². The van der Waals surface area contributed by atoms with Crippen LogP contribution in [0.1, 0.15) is 43.4 Å². The van der Waals surface area contributed by atoms with Crippen LogP contribution in [0.2, 0.25) is 0 Å². The van der Waals surface area contributed by atoms with E-state index in [2.05, 4.69) is 20.3 Å². The van der Waals surface area contributed by atoms with Crippen LogP contribution >= 0.6 is 22.7 Å². The van der Waals surface area contributed by atoms with Crippen LogP contribution in [0, 0.1) is 10.1 Å². The van der Waals surface area contributed by atoms with E-state index in [1.807, 2.05) is 78.5 Å². The molecule has 0 unspecified atom stereocenters. The zero-order valence-electron chi connectivity index (χ0n) is 31.2. The van der Waals surface area contributed by atoms with Crippen LogP contribution in [-0.2, 0) is 29.2 Å². The lowest BCUT2D eigenvalue weighted by atomic mass is 9.92. The molecule has 6 aromatic rings. The molecular weight excluding hydrogens is 787 g/mol. The van der Waals surface area contributed by atoms with Crippen molar-refractivity contribution in [2.45, 2.75) is 36.7 Å². The zero-order chi connectivity index (χ0) is 40.1. The van der Waals surface area contributed by atoms with Gasteiger partial charge >= 0.3 is 0 Å². The van der Waals surface area contributed by atoms with Crippen LogP contribution < -0.4 is 15.0 Å². The summed E-state index contributed by atoms with van der Waals surface area (Å²) >= 11 is 2.68. The van der Waals surface area contributed by atoms with Crippen molar-refractivity contribution >= 4 is 70.8 Å². The summed E-state index contributed by atoms with van der Waals surface area (Å²) in [5.74, 6) is -1.05. The van der Waals surface area contributed by atoms with E-state index in [-0.39, 0.29) is 41.1 Å². The summed E-state index contributed by atoms with van der Waals surface area (Å²) in [5, 5.41) is 18.1. The van der Waals surface area contributed by atoms with E-state index in [4.69, 9.17) is 4.74 Å². The number of rotatable bonds is 17. The maximum Gasteiger partial charge on any atom is 0.293 e. The lowest BCUT2D eigenvalue weighted by Crippen LogP contribution is -2.32. The largest absolute Gasteiger partial charge is 0.491 e. The fourth-order valence-electron chi connectivity index (χ4n) is 6.53. The van der Waals surface area contributed by atoms with E-state index in [1.54, 1.807) is 12.4 Å². The van der Waals surface area contributed by atoms with Gasteiger partial charge in [0, 0.05) is 36.3 Å². The Morgan fingerprint density at radius 1 is 1.05 bits per heavy atom. The monoisotopic (exact) mass is 825 g/mol. The van der Waals surface area contributed by atoms with Gasteiger partial charge in [0.2, 0.25) is 0 Å². The molecule has 1 aliphatic heterocycles. The Morgan fingerprint density at radius 2 is 1.88 bits per heavy atom. The van der Waals surface area contributed by atoms with Gasteiger partial charge < -0.3 is 19.9 Å². The minimum absolute atomic E-state index is 0.0194. The third kappa shape index (κ3) is 9.51. The number of nitrogens with one attached hydrogen (secondary N) is 1. The number of thiazole rings is 2. The summed E-state index contributed by atoms with van der Waals surface area (Å²) in [6.07, 6.45) is 4.78. The SMILES string of the molecule is CN(C)CC[C@H](COc1ccccc1)Nc1ccc(S(=O)(=O)CC(=O)c2csc(N3CCc4cccc(C(=O)Cc5nc6cnccc6s5)c4C3)n2)cc1[N+](=O)[O-]. The second kappa shape index (κ2) is 17.3. The van der Waals surface area contributed by atoms with Gasteiger partial charge in [-0.25, -0.2) is 18.4 Å². The van der Waals surface area contributed by atoms with Crippen LogP contribution in [0.4, 0.5) is 16.5 Å². The number of nitro groups is 1. The predicted octanol–water partition coefficient (Wildman–Crippen LogP) is 6.51. The van der Waals surface area contributed by atoms with Gasteiger partial charge in [-0.1, -0.05) is 36.4 Å². The molecule has 0 radical (unpaired) electrons. The average molecular weight is 826 g/mol. The smallest absolute Gasteiger partial charge is 0.293 e. The molecule has 1 aliphatic rings. The summed E-state index contributed by atoms with van der Waals surface area (Å²) in [6.45, 7) is 1.87. The number of benzene rings is 3. The highest BCUT2D eigenvalue weighted by Gasteiger charge is 2.29. The third-order valence-electron chi connectivity index (χ3n) is 9.49. The molecule has 0 saturated heterocycles. The van der Waals surface area contributed by atoms with Gasteiger partial charge in [0.25, 0.3) is 5.69 Å². The van der Waals surface area contributed by atoms with Gasteiger partial charge in [-0.15, -0.1) is 22.7 Å². The number of Topliss-reactive ketones (excluding diaryl/α,β-unsaturated/α-hetero) is 2. The van der Waals surface area contributed by atoms with Gasteiger partial charge in [0.05, 0.1) is 38.7 Å². The Morgan fingerprint density at radius 3 is 2.65 bits per heavy atom. The van der Waals surface area contributed by atoms with E-state index >= 15 is 0 Å². The number of hydrogen-bond acceptors (Lipinski definition) is 15. The first-order chi connectivity index (χ1) is 27.4. The van der Waals surface area contributed by atoms with Crippen molar-refractivity contribution in [2.24, 2.45) is 0 Å². The van der Waals surface area contributed by atoms with Crippen molar-refractivity contribution in [3.8, 4) is 5.75 Å². The van der Waals surface area contributed by atoms with Crippen molar-refractivity contribution < 1.29 is 27.7 Å². The van der Waals surface area contributed by atoms with Gasteiger partial charge in [-0.3, -0.25) is 24.7 Å². The van der Waals surface area contributed by atoms with Crippen molar-refractivity contribution in [1.29, 1.82) is 0 Å². The Bertz CT molecular complexity index is 2510. The highest BCUT2D eigenvalue weighted by Crippen LogP contribution is 2.32. The minimum atomic E-state index is -4.29. The fraction of sp³-hybridized carbons (Fsp3) is 0.275. The van der Waals surface area contributed by atoms with Crippen molar-refractivity contribution in [1.82, 2.24) is 19.9 Å². The molecule has 1 N–H and O–H groups in total. The zero-order valence-corrected chi connectivity index (χ0v) is 33.6. The average Bonchev–Trinajstić information content (AvgIpc) is 3.86. The number of nitro benzene ring substituents is 1. The molecule has 57 heavy (non-hydrogen) atoms. The molecule has 3 aromatic carbocycles. The standard InChI is InChI=1S/C40H39N7O7S3/c1-45(2)17-15-27(23-54-28-8-4-3-5-9-28)42-32-12-11-29(19-35(32)47(50)51)57(52,53)25-37(49)34-24-55-40(44-34)46-18-14-26-7-6-10-30(31(26)22-46)36(48)20-39-43-33-21-41-16-13-38(33)56-39/h3-13,16,19,21,24,27,42H,14-15,17-18,20,22-23,25H2,1-2H3/t27-/m1/s1. The summed E-state index contributed by atoms with van der Waals surface area (Å²) < 4.78 is 33.9.